The lowest BCUT2D eigenvalue weighted by atomic mass is 9.81. The second-order valence-corrected chi connectivity index (χ2v) is 7.54. The Hall–Kier alpha value is -1.89. The first-order chi connectivity index (χ1) is 12.5. The molecule has 1 aromatic heterocycles. The topological polar surface area (TPSA) is 82.2 Å². The predicted octanol–water partition coefficient (Wildman–Crippen LogP) is 2.55. The number of morpholine rings is 1. The lowest BCUT2D eigenvalue weighted by Crippen LogP contribution is -2.57. The van der Waals surface area contributed by atoms with Crippen LogP contribution in [0.3, 0.4) is 0 Å². The third kappa shape index (κ3) is 2.92. The molecule has 3 N–H and O–H groups in total. The molecule has 0 saturated carbocycles. The summed E-state index contributed by atoms with van der Waals surface area (Å²) in [6, 6.07) is 8.04. The Morgan fingerprint density at radius 3 is 2.92 bits per heavy atom. The fourth-order valence-corrected chi connectivity index (χ4v) is 4.15. The molecule has 3 aliphatic rings. The van der Waals surface area contributed by atoms with Gasteiger partial charge in [-0.25, -0.2) is 4.68 Å². The Morgan fingerprint density at radius 2 is 2.35 bits per heavy atom. The van der Waals surface area contributed by atoms with Crippen LogP contribution in [-0.2, 0) is 16.8 Å². The molecule has 4 heterocycles. The summed E-state index contributed by atoms with van der Waals surface area (Å²) >= 11 is 6.59. The van der Waals surface area contributed by atoms with E-state index in [-0.39, 0.29) is 5.60 Å². The van der Waals surface area contributed by atoms with Gasteiger partial charge in [0.1, 0.15) is 11.3 Å². The SMILES string of the molecule is CCCc1cc(C(N)=O)n(-c2ccc(C34CCC(CO3)NC4)cc2Cl)n1. The van der Waals surface area contributed by atoms with Crippen LogP contribution in [0.1, 0.15) is 47.9 Å². The number of carbonyl (C=O) groups excluding carboxylic acids is 1. The minimum Gasteiger partial charge on any atom is -0.367 e. The third-order valence-electron chi connectivity index (χ3n) is 5.35. The fourth-order valence-electron chi connectivity index (χ4n) is 3.89. The number of halogens is 1. The van der Waals surface area contributed by atoms with Crippen molar-refractivity contribution in [2.24, 2.45) is 5.73 Å². The van der Waals surface area contributed by atoms with Crippen LogP contribution in [0.25, 0.3) is 5.69 Å². The highest BCUT2D eigenvalue weighted by atomic mass is 35.5. The number of primary amides is 1. The van der Waals surface area contributed by atoms with Crippen LogP contribution in [0.2, 0.25) is 5.02 Å². The molecule has 6 nitrogen and oxygen atoms in total. The van der Waals surface area contributed by atoms with E-state index >= 15 is 0 Å². The average molecular weight is 375 g/mol. The van der Waals surface area contributed by atoms with Crippen molar-refractivity contribution in [1.82, 2.24) is 15.1 Å². The van der Waals surface area contributed by atoms with Crippen molar-refractivity contribution in [3.8, 4) is 5.69 Å². The van der Waals surface area contributed by atoms with Gasteiger partial charge >= 0.3 is 0 Å². The zero-order chi connectivity index (χ0) is 18.3. The lowest BCUT2D eigenvalue weighted by molar-refractivity contribution is -0.129. The number of nitrogens with two attached hydrogens (primary N) is 1. The molecule has 3 saturated heterocycles. The number of hydrogen-bond acceptors (Lipinski definition) is 4. The van der Waals surface area contributed by atoms with Crippen LogP contribution in [-0.4, -0.2) is 34.9 Å². The minimum absolute atomic E-state index is 0.319. The van der Waals surface area contributed by atoms with E-state index in [4.69, 9.17) is 22.1 Å². The van der Waals surface area contributed by atoms with E-state index < -0.39 is 5.91 Å². The molecule has 1 amide bonds. The van der Waals surface area contributed by atoms with Crippen molar-refractivity contribution in [2.45, 2.75) is 44.2 Å². The molecule has 0 aliphatic carbocycles. The Balaban J connectivity index is 1.72. The van der Waals surface area contributed by atoms with E-state index in [2.05, 4.69) is 17.3 Å². The first kappa shape index (κ1) is 17.5. The van der Waals surface area contributed by atoms with Crippen molar-refractivity contribution in [3.63, 3.8) is 0 Å². The number of piperidine rings is 1. The lowest BCUT2D eigenvalue weighted by Gasteiger charge is -2.47. The molecule has 26 heavy (non-hydrogen) atoms. The van der Waals surface area contributed by atoms with Gasteiger partial charge in [-0.05, 0) is 43.0 Å². The number of aryl methyl sites for hydroxylation is 1. The second kappa shape index (κ2) is 6.68. The van der Waals surface area contributed by atoms with Crippen molar-refractivity contribution < 1.29 is 9.53 Å². The predicted molar refractivity (Wildman–Crippen MR) is 99.7 cm³/mol. The number of carbonyl (C=O) groups is 1. The smallest absolute Gasteiger partial charge is 0.267 e. The summed E-state index contributed by atoms with van der Waals surface area (Å²) < 4.78 is 7.68. The van der Waals surface area contributed by atoms with Crippen molar-refractivity contribution in [2.75, 3.05) is 13.2 Å². The molecular formula is C19H23ClN4O2. The zero-order valence-electron chi connectivity index (χ0n) is 14.8. The number of hydrogen-bond donors (Lipinski definition) is 2. The summed E-state index contributed by atoms with van der Waals surface area (Å²) in [7, 11) is 0. The van der Waals surface area contributed by atoms with E-state index in [0.29, 0.717) is 22.4 Å². The first-order valence-corrected chi connectivity index (χ1v) is 9.47. The minimum atomic E-state index is -0.517. The molecular weight excluding hydrogens is 352 g/mol. The van der Waals surface area contributed by atoms with Crippen LogP contribution >= 0.6 is 11.6 Å². The van der Waals surface area contributed by atoms with Gasteiger partial charge in [-0.15, -0.1) is 0 Å². The maximum atomic E-state index is 11.8. The van der Waals surface area contributed by atoms with Crippen molar-refractivity contribution in [1.29, 1.82) is 0 Å². The quantitative estimate of drug-likeness (QED) is 0.842. The molecule has 0 radical (unpaired) electrons. The number of fused-ring (bicyclic) bond motifs is 3. The maximum Gasteiger partial charge on any atom is 0.267 e. The normalized spacial score (nSPS) is 24.8. The summed E-state index contributed by atoms with van der Waals surface area (Å²) in [5, 5.41) is 8.58. The van der Waals surface area contributed by atoms with Gasteiger partial charge in [0.25, 0.3) is 5.91 Å². The molecule has 7 heteroatoms. The van der Waals surface area contributed by atoms with E-state index in [1.165, 1.54) is 0 Å². The van der Waals surface area contributed by atoms with Gasteiger partial charge in [0.05, 0.1) is 23.0 Å². The zero-order valence-corrected chi connectivity index (χ0v) is 15.6. The van der Waals surface area contributed by atoms with Gasteiger partial charge in [0, 0.05) is 12.6 Å². The molecule has 2 bridgehead atoms. The van der Waals surface area contributed by atoms with Gasteiger partial charge in [-0.3, -0.25) is 4.79 Å². The van der Waals surface area contributed by atoms with E-state index in [9.17, 15) is 4.79 Å². The number of aromatic nitrogens is 2. The molecule has 138 valence electrons. The number of amides is 1. The summed E-state index contributed by atoms with van der Waals surface area (Å²) in [4.78, 5) is 11.8. The van der Waals surface area contributed by atoms with E-state index in [1.54, 1.807) is 10.7 Å². The number of ether oxygens (including phenoxy) is 1. The van der Waals surface area contributed by atoms with Gasteiger partial charge in [-0.2, -0.15) is 5.10 Å². The Morgan fingerprint density at radius 1 is 1.50 bits per heavy atom. The highest BCUT2D eigenvalue weighted by molar-refractivity contribution is 6.32. The van der Waals surface area contributed by atoms with Gasteiger partial charge < -0.3 is 15.8 Å². The van der Waals surface area contributed by atoms with Crippen LogP contribution in [0, 0.1) is 0 Å². The van der Waals surface area contributed by atoms with Gasteiger partial charge in [-0.1, -0.05) is 31.0 Å². The Bertz CT molecular complexity index is 826. The second-order valence-electron chi connectivity index (χ2n) is 7.13. The Kier molecular flexibility index (Phi) is 4.50. The average Bonchev–Trinajstić information content (AvgIpc) is 3.07. The highest BCUT2D eigenvalue weighted by Gasteiger charge is 2.43. The highest BCUT2D eigenvalue weighted by Crippen LogP contribution is 2.40. The number of benzene rings is 1. The number of nitrogens with zero attached hydrogens (tertiary/aromatic N) is 2. The number of rotatable bonds is 5. The van der Waals surface area contributed by atoms with Crippen molar-refractivity contribution >= 4 is 17.5 Å². The standard InChI is InChI=1S/C19H23ClN4O2/c1-2-3-13-9-17(18(21)25)24(23-13)16-5-4-12(8-15(16)20)19-7-6-14(10-26-19)22-11-19/h4-5,8-9,14,22H,2-3,6-7,10-11H2,1H3,(H2,21,25). The molecule has 2 atom stereocenters. The van der Waals surface area contributed by atoms with Crippen LogP contribution < -0.4 is 11.1 Å². The summed E-state index contributed by atoms with van der Waals surface area (Å²) in [6.07, 6.45) is 3.81. The van der Waals surface area contributed by atoms with E-state index in [0.717, 1.165) is 50.1 Å². The Labute approximate surface area is 157 Å². The first-order valence-electron chi connectivity index (χ1n) is 9.09. The third-order valence-corrected chi connectivity index (χ3v) is 5.66. The van der Waals surface area contributed by atoms with Gasteiger partial charge in [0.15, 0.2) is 0 Å². The molecule has 3 fully saturated rings. The fraction of sp³-hybridized carbons (Fsp3) is 0.474. The molecule has 5 rings (SSSR count). The monoisotopic (exact) mass is 374 g/mol. The van der Waals surface area contributed by atoms with Crippen LogP contribution in [0.4, 0.5) is 0 Å². The summed E-state index contributed by atoms with van der Waals surface area (Å²) in [5.74, 6) is -0.517. The largest absolute Gasteiger partial charge is 0.367 e. The molecule has 0 spiro atoms. The molecule has 1 aromatic carbocycles. The van der Waals surface area contributed by atoms with E-state index in [1.807, 2.05) is 18.2 Å². The molecule has 3 aliphatic heterocycles. The summed E-state index contributed by atoms with van der Waals surface area (Å²) in [5.41, 5.74) is 8.10. The number of nitrogens with one attached hydrogen (secondary N) is 1. The van der Waals surface area contributed by atoms with Gasteiger partial charge in [0.2, 0.25) is 0 Å². The van der Waals surface area contributed by atoms with Crippen LogP contribution in [0.5, 0.6) is 0 Å². The summed E-state index contributed by atoms with van der Waals surface area (Å²) in [6.45, 7) is 3.59. The van der Waals surface area contributed by atoms with Crippen LogP contribution in [0.15, 0.2) is 24.3 Å². The molecule has 2 unspecified atom stereocenters. The molecule has 2 aromatic rings. The van der Waals surface area contributed by atoms with Crippen molar-refractivity contribution in [3.05, 3.63) is 46.2 Å². The maximum absolute atomic E-state index is 11.8.